The van der Waals surface area contributed by atoms with Gasteiger partial charge in [0.05, 0.1) is 5.41 Å². The van der Waals surface area contributed by atoms with Crippen LogP contribution in [0.1, 0.15) is 30.9 Å². The zero-order valence-electron chi connectivity index (χ0n) is 13.2. The smallest absolute Gasteiger partial charge is 0.228 e. The molecule has 2 nitrogen and oxygen atoms in total. The fraction of sp³-hybridized carbons (Fsp3) is 0.316. The molecule has 0 unspecified atom stereocenters. The number of carbonyl (C=O) groups is 1. The van der Waals surface area contributed by atoms with Gasteiger partial charge in [0.25, 0.3) is 0 Å². The van der Waals surface area contributed by atoms with Crippen LogP contribution in [0.5, 0.6) is 0 Å². The summed E-state index contributed by atoms with van der Waals surface area (Å²) in [6, 6.07) is 20.5. The first kappa shape index (κ1) is 15.3. The molecule has 0 fully saturated rings. The first-order valence-electron chi connectivity index (χ1n) is 7.26. The average molecular weight is 281 g/mol. The summed E-state index contributed by atoms with van der Waals surface area (Å²) in [5, 5.41) is 0. The average Bonchev–Trinajstić information content (AvgIpc) is 2.48. The molecule has 2 heteroatoms. The molecule has 0 heterocycles. The van der Waals surface area contributed by atoms with Gasteiger partial charge in [0.15, 0.2) is 0 Å². The van der Waals surface area contributed by atoms with Gasteiger partial charge in [0.2, 0.25) is 5.91 Å². The summed E-state index contributed by atoms with van der Waals surface area (Å²) in [7, 11) is 3.63. The van der Waals surface area contributed by atoms with Crippen molar-refractivity contribution in [1.82, 2.24) is 4.90 Å². The van der Waals surface area contributed by atoms with E-state index in [2.05, 4.69) is 24.3 Å². The van der Waals surface area contributed by atoms with Gasteiger partial charge in [-0.05, 0) is 11.1 Å². The van der Waals surface area contributed by atoms with E-state index >= 15 is 0 Å². The molecule has 0 saturated heterocycles. The molecule has 0 saturated carbocycles. The van der Waals surface area contributed by atoms with Crippen LogP contribution in [0.15, 0.2) is 60.7 Å². The Labute approximate surface area is 127 Å². The molecular weight excluding hydrogens is 258 g/mol. The van der Waals surface area contributed by atoms with Crippen LogP contribution in [0.25, 0.3) is 0 Å². The van der Waals surface area contributed by atoms with Gasteiger partial charge >= 0.3 is 0 Å². The third kappa shape index (κ3) is 3.15. The molecule has 110 valence electrons. The Morgan fingerprint density at radius 2 is 1.24 bits per heavy atom. The number of carbonyl (C=O) groups excluding carboxylic acids is 1. The maximum Gasteiger partial charge on any atom is 0.228 e. The van der Waals surface area contributed by atoms with Gasteiger partial charge in [-0.1, -0.05) is 74.5 Å². The van der Waals surface area contributed by atoms with Gasteiger partial charge in [0, 0.05) is 20.0 Å². The van der Waals surface area contributed by atoms with Gasteiger partial charge in [-0.15, -0.1) is 0 Å². The summed E-state index contributed by atoms with van der Waals surface area (Å²) in [6.07, 6.45) is 0. The van der Waals surface area contributed by atoms with Gasteiger partial charge in [-0.3, -0.25) is 4.79 Å². The number of hydrogen-bond donors (Lipinski definition) is 0. The molecule has 0 bridgehead atoms. The highest BCUT2D eigenvalue weighted by Crippen LogP contribution is 2.41. The van der Waals surface area contributed by atoms with Crippen molar-refractivity contribution in [3.8, 4) is 0 Å². The van der Waals surface area contributed by atoms with Crippen LogP contribution in [0, 0.1) is 5.41 Å². The Morgan fingerprint density at radius 1 is 0.857 bits per heavy atom. The highest BCUT2D eigenvalue weighted by Gasteiger charge is 2.39. The zero-order valence-corrected chi connectivity index (χ0v) is 13.2. The lowest BCUT2D eigenvalue weighted by molar-refractivity contribution is -0.138. The van der Waals surface area contributed by atoms with Crippen LogP contribution in [-0.2, 0) is 4.79 Å². The van der Waals surface area contributed by atoms with Gasteiger partial charge in [-0.25, -0.2) is 0 Å². The standard InChI is InChI=1S/C19H23NO/c1-19(2,18(21)20(3)4)17(15-11-7-5-8-12-15)16-13-9-6-10-14-16/h5-14,17H,1-4H3. The molecule has 0 aliphatic rings. The summed E-state index contributed by atoms with van der Waals surface area (Å²) in [6.45, 7) is 4.06. The highest BCUT2D eigenvalue weighted by atomic mass is 16.2. The minimum absolute atomic E-state index is 0.0369. The summed E-state index contributed by atoms with van der Waals surface area (Å²) in [5.74, 6) is 0.176. The van der Waals surface area contributed by atoms with Crippen molar-refractivity contribution >= 4 is 5.91 Å². The van der Waals surface area contributed by atoms with E-state index in [9.17, 15) is 4.79 Å². The summed E-state index contributed by atoms with van der Waals surface area (Å²) in [4.78, 5) is 14.4. The van der Waals surface area contributed by atoms with Crippen LogP contribution in [0.4, 0.5) is 0 Å². The van der Waals surface area contributed by atoms with Gasteiger partial charge < -0.3 is 4.90 Å². The molecule has 2 aromatic rings. The number of amides is 1. The van der Waals surface area contributed by atoms with Crippen molar-refractivity contribution in [2.75, 3.05) is 14.1 Å². The Hall–Kier alpha value is -2.09. The molecule has 0 aliphatic carbocycles. The van der Waals surface area contributed by atoms with Crippen LogP contribution >= 0.6 is 0 Å². The van der Waals surface area contributed by atoms with Gasteiger partial charge in [-0.2, -0.15) is 0 Å². The Morgan fingerprint density at radius 3 is 1.57 bits per heavy atom. The molecule has 1 amide bonds. The Kier molecular flexibility index (Phi) is 4.46. The first-order valence-corrected chi connectivity index (χ1v) is 7.26. The SMILES string of the molecule is CN(C)C(=O)C(C)(C)C(c1ccccc1)c1ccccc1. The molecule has 0 spiro atoms. The maximum absolute atomic E-state index is 12.7. The molecule has 0 N–H and O–H groups in total. The largest absolute Gasteiger partial charge is 0.348 e. The zero-order chi connectivity index (χ0) is 15.5. The topological polar surface area (TPSA) is 20.3 Å². The fourth-order valence-electron chi connectivity index (χ4n) is 3.02. The molecular formula is C19H23NO. The van der Waals surface area contributed by atoms with Crippen molar-refractivity contribution < 1.29 is 4.79 Å². The molecule has 0 aromatic heterocycles. The maximum atomic E-state index is 12.7. The monoisotopic (exact) mass is 281 g/mol. The van der Waals surface area contributed by atoms with E-state index in [1.807, 2.05) is 64.3 Å². The van der Waals surface area contributed by atoms with E-state index < -0.39 is 5.41 Å². The van der Waals surface area contributed by atoms with E-state index in [0.717, 1.165) is 0 Å². The summed E-state index contributed by atoms with van der Waals surface area (Å²) < 4.78 is 0. The minimum atomic E-state index is -0.508. The van der Waals surface area contributed by atoms with Gasteiger partial charge in [0.1, 0.15) is 0 Å². The minimum Gasteiger partial charge on any atom is -0.348 e. The lowest BCUT2D eigenvalue weighted by Gasteiger charge is -2.36. The van der Waals surface area contributed by atoms with E-state index in [1.54, 1.807) is 4.90 Å². The fourth-order valence-corrected chi connectivity index (χ4v) is 3.02. The number of hydrogen-bond acceptors (Lipinski definition) is 1. The third-order valence-electron chi connectivity index (χ3n) is 3.94. The van der Waals surface area contributed by atoms with Crippen molar-refractivity contribution in [2.45, 2.75) is 19.8 Å². The molecule has 0 radical (unpaired) electrons. The lowest BCUT2D eigenvalue weighted by atomic mass is 9.70. The van der Waals surface area contributed by atoms with Crippen LogP contribution in [0.3, 0.4) is 0 Å². The lowest BCUT2D eigenvalue weighted by Crippen LogP contribution is -2.40. The van der Waals surface area contributed by atoms with Crippen molar-refractivity contribution in [1.29, 1.82) is 0 Å². The molecule has 2 rings (SSSR count). The number of nitrogens with zero attached hydrogens (tertiary/aromatic N) is 1. The Bertz CT molecular complexity index is 548. The quantitative estimate of drug-likeness (QED) is 0.831. The molecule has 21 heavy (non-hydrogen) atoms. The van der Waals surface area contributed by atoms with E-state index in [0.29, 0.717) is 0 Å². The second-order valence-corrected chi connectivity index (χ2v) is 6.18. The Balaban J connectivity index is 2.54. The van der Waals surface area contributed by atoms with Crippen LogP contribution in [-0.4, -0.2) is 24.9 Å². The van der Waals surface area contributed by atoms with Crippen molar-refractivity contribution in [2.24, 2.45) is 5.41 Å². The van der Waals surface area contributed by atoms with E-state index in [4.69, 9.17) is 0 Å². The number of benzene rings is 2. The highest BCUT2D eigenvalue weighted by molar-refractivity contribution is 5.83. The van der Waals surface area contributed by atoms with E-state index in [-0.39, 0.29) is 11.8 Å². The van der Waals surface area contributed by atoms with Crippen molar-refractivity contribution in [3.05, 3.63) is 71.8 Å². The molecule has 0 aliphatic heterocycles. The molecule has 2 aromatic carbocycles. The second kappa shape index (κ2) is 6.13. The number of rotatable bonds is 4. The predicted molar refractivity (Wildman–Crippen MR) is 87.2 cm³/mol. The van der Waals surface area contributed by atoms with Crippen LogP contribution < -0.4 is 0 Å². The van der Waals surface area contributed by atoms with Crippen molar-refractivity contribution in [3.63, 3.8) is 0 Å². The first-order chi connectivity index (χ1) is 9.94. The predicted octanol–water partition coefficient (Wildman–Crippen LogP) is 3.93. The molecule has 0 atom stereocenters. The third-order valence-corrected chi connectivity index (χ3v) is 3.94. The second-order valence-electron chi connectivity index (χ2n) is 6.18. The summed E-state index contributed by atoms with van der Waals surface area (Å²) in [5.41, 5.74) is 1.83. The van der Waals surface area contributed by atoms with E-state index in [1.165, 1.54) is 11.1 Å². The van der Waals surface area contributed by atoms with Crippen LogP contribution in [0.2, 0.25) is 0 Å². The normalized spacial score (nSPS) is 11.5. The summed E-state index contributed by atoms with van der Waals surface area (Å²) >= 11 is 0.